The zero-order valence-electron chi connectivity index (χ0n) is 13.4. The van der Waals surface area contributed by atoms with Crippen LogP contribution in [0.3, 0.4) is 0 Å². The van der Waals surface area contributed by atoms with Crippen LogP contribution < -0.4 is 5.32 Å². The first-order valence-electron chi connectivity index (χ1n) is 7.90. The number of amides is 2. The summed E-state index contributed by atoms with van der Waals surface area (Å²) in [5, 5.41) is 16.4. The molecule has 0 bridgehead atoms. The van der Waals surface area contributed by atoms with E-state index in [1.807, 2.05) is 19.1 Å². The van der Waals surface area contributed by atoms with Crippen LogP contribution in [0.5, 0.6) is 0 Å². The van der Waals surface area contributed by atoms with E-state index in [1.165, 1.54) is 4.90 Å². The summed E-state index contributed by atoms with van der Waals surface area (Å²) in [4.78, 5) is 18.1. The summed E-state index contributed by atoms with van der Waals surface area (Å²) in [5.41, 5.74) is 1.44. The number of rotatable bonds is 3. The highest BCUT2D eigenvalue weighted by Crippen LogP contribution is 2.20. The van der Waals surface area contributed by atoms with Crippen molar-refractivity contribution in [2.75, 3.05) is 31.6 Å². The van der Waals surface area contributed by atoms with Crippen molar-refractivity contribution in [1.82, 2.24) is 15.0 Å². The van der Waals surface area contributed by atoms with Crippen LogP contribution in [0.4, 0.5) is 10.5 Å². The van der Waals surface area contributed by atoms with Gasteiger partial charge in [-0.25, -0.2) is 4.79 Å². The second-order valence-electron chi connectivity index (χ2n) is 5.55. The maximum absolute atomic E-state index is 12.3. The van der Waals surface area contributed by atoms with Crippen molar-refractivity contribution in [3.63, 3.8) is 0 Å². The maximum Gasteiger partial charge on any atom is 0.322 e. The van der Waals surface area contributed by atoms with Crippen molar-refractivity contribution in [3.05, 3.63) is 30.1 Å². The zero-order valence-corrected chi connectivity index (χ0v) is 13.4. The third kappa shape index (κ3) is 3.90. The fourth-order valence-electron chi connectivity index (χ4n) is 2.39. The van der Waals surface area contributed by atoms with E-state index in [9.17, 15) is 9.90 Å². The van der Waals surface area contributed by atoms with E-state index in [0.29, 0.717) is 37.0 Å². The summed E-state index contributed by atoms with van der Waals surface area (Å²) in [6.07, 6.45) is 0.0502. The monoisotopic (exact) mass is 332 g/mol. The van der Waals surface area contributed by atoms with Crippen molar-refractivity contribution < 1.29 is 19.2 Å². The molecule has 8 nitrogen and oxygen atoms in total. The predicted octanol–water partition coefficient (Wildman–Crippen LogP) is 1.52. The molecule has 0 unspecified atom stereocenters. The molecule has 2 amide bonds. The maximum atomic E-state index is 12.3. The van der Waals surface area contributed by atoms with Crippen molar-refractivity contribution in [1.29, 1.82) is 0 Å². The second kappa shape index (κ2) is 7.41. The smallest absolute Gasteiger partial charge is 0.322 e. The Morgan fingerprint density at radius 3 is 2.92 bits per heavy atom. The largest absolute Gasteiger partial charge is 0.389 e. The molecule has 1 atom stereocenters. The van der Waals surface area contributed by atoms with Crippen LogP contribution >= 0.6 is 0 Å². The highest BCUT2D eigenvalue weighted by atomic mass is 16.5. The highest BCUT2D eigenvalue weighted by Gasteiger charge is 2.21. The van der Waals surface area contributed by atoms with Gasteiger partial charge < -0.3 is 24.6 Å². The number of aliphatic hydroxyl groups is 1. The molecule has 1 saturated heterocycles. The van der Waals surface area contributed by atoms with Gasteiger partial charge in [0.05, 0.1) is 25.9 Å². The summed E-state index contributed by atoms with van der Waals surface area (Å²) >= 11 is 0. The first-order valence-corrected chi connectivity index (χ1v) is 7.90. The van der Waals surface area contributed by atoms with E-state index in [4.69, 9.17) is 9.26 Å². The first kappa shape index (κ1) is 16.4. The van der Waals surface area contributed by atoms with Crippen molar-refractivity contribution >= 4 is 11.7 Å². The molecule has 8 heteroatoms. The van der Waals surface area contributed by atoms with E-state index < -0.39 is 6.10 Å². The van der Waals surface area contributed by atoms with Gasteiger partial charge in [-0.15, -0.1) is 0 Å². The zero-order chi connectivity index (χ0) is 16.9. The van der Waals surface area contributed by atoms with Crippen LogP contribution in [0.25, 0.3) is 11.5 Å². The summed E-state index contributed by atoms with van der Waals surface area (Å²) in [6, 6.07) is 6.89. The number of urea groups is 1. The van der Waals surface area contributed by atoms with Gasteiger partial charge >= 0.3 is 6.03 Å². The molecule has 1 aromatic carbocycles. The van der Waals surface area contributed by atoms with Crippen LogP contribution in [0.2, 0.25) is 0 Å². The molecular formula is C16H20N4O4. The SMILES string of the molecule is CCc1noc(-c2ccc(NC(=O)N3CCOC[C@H](O)C3)cc2)n1. The number of carbonyl (C=O) groups is 1. The number of β-amino-alcohol motifs (C(OH)–C–C–N with tert-alkyl or cyclic N) is 1. The van der Waals surface area contributed by atoms with Gasteiger partial charge in [-0.1, -0.05) is 12.1 Å². The molecule has 24 heavy (non-hydrogen) atoms. The van der Waals surface area contributed by atoms with Crippen molar-refractivity contribution in [3.8, 4) is 11.5 Å². The van der Waals surface area contributed by atoms with Gasteiger partial charge in [-0.2, -0.15) is 4.98 Å². The lowest BCUT2D eigenvalue weighted by molar-refractivity contribution is 0.0575. The number of nitrogens with one attached hydrogen (secondary N) is 1. The molecule has 1 aromatic heterocycles. The fraction of sp³-hybridized carbons (Fsp3) is 0.438. The normalized spacial score (nSPS) is 18.2. The molecule has 3 rings (SSSR count). The van der Waals surface area contributed by atoms with E-state index >= 15 is 0 Å². The number of aliphatic hydroxyl groups excluding tert-OH is 1. The van der Waals surface area contributed by atoms with Crippen LogP contribution in [-0.2, 0) is 11.2 Å². The number of aromatic nitrogens is 2. The van der Waals surface area contributed by atoms with Crippen LogP contribution in [0, 0.1) is 0 Å². The molecule has 1 fully saturated rings. The van der Waals surface area contributed by atoms with E-state index in [2.05, 4.69) is 15.5 Å². The quantitative estimate of drug-likeness (QED) is 0.884. The average molecular weight is 332 g/mol. The molecule has 0 saturated carbocycles. The molecule has 0 radical (unpaired) electrons. The molecule has 128 valence electrons. The Bertz CT molecular complexity index is 686. The topological polar surface area (TPSA) is 101 Å². The lowest BCUT2D eigenvalue weighted by atomic mass is 10.2. The van der Waals surface area contributed by atoms with Crippen LogP contribution in [-0.4, -0.2) is 58.6 Å². The van der Waals surface area contributed by atoms with Gasteiger partial charge in [0.1, 0.15) is 0 Å². The molecule has 2 N–H and O–H groups in total. The minimum absolute atomic E-state index is 0.252. The van der Waals surface area contributed by atoms with Crippen molar-refractivity contribution in [2.24, 2.45) is 0 Å². The van der Waals surface area contributed by atoms with E-state index in [1.54, 1.807) is 12.1 Å². The number of anilines is 1. The highest BCUT2D eigenvalue weighted by molar-refractivity contribution is 5.89. The summed E-state index contributed by atoms with van der Waals surface area (Å²) in [5.74, 6) is 1.11. The number of benzene rings is 1. The number of hydrogen-bond acceptors (Lipinski definition) is 6. The Balaban J connectivity index is 1.64. The standard InChI is InChI=1S/C16H20N4O4/c1-2-14-18-15(24-19-14)11-3-5-12(6-4-11)17-16(22)20-7-8-23-10-13(21)9-20/h3-6,13,21H,2,7-10H2,1H3,(H,17,22)/t13-/m1/s1. The summed E-state index contributed by atoms with van der Waals surface area (Å²) in [6.45, 7) is 3.33. The van der Waals surface area contributed by atoms with Gasteiger partial charge in [0, 0.05) is 24.2 Å². The molecule has 2 aromatic rings. The van der Waals surface area contributed by atoms with Gasteiger partial charge in [-0.05, 0) is 24.3 Å². The molecule has 0 spiro atoms. The number of ether oxygens (including phenoxy) is 1. The Morgan fingerprint density at radius 1 is 1.42 bits per heavy atom. The molecule has 1 aliphatic heterocycles. The third-order valence-electron chi connectivity index (χ3n) is 3.70. The van der Waals surface area contributed by atoms with Gasteiger partial charge in [0.25, 0.3) is 5.89 Å². The summed E-state index contributed by atoms with van der Waals surface area (Å²) in [7, 11) is 0. The van der Waals surface area contributed by atoms with Gasteiger partial charge in [-0.3, -0.25) is 0 Å². The third-order valence-corrected chi connectivity index (χ3v) is 3.70. The Morgan fingerprint density at radius 2 is 2.21 bits per heavy atom. The van der Waals surface area contributed by atoms with E-state index in [0.717, 1.165) is 5.56 Å². The minimum Gasteiger partial charge on any atom is -0.389 e. The number of hydrogen-bond donors (Lipinski definition) is 2. The van der Waals surface area contributed by atoms with E-state index in [-0.39, 0.29) is 19.2 Å². The van der Waals surface area contributed by atoms with Crippen molar-refractivity contribution in [2.45, 2.75) is 19.4 Å². The summed E-state index contributed by atoms with van der Waals surface area (Å²) < 4.78 is 10.4. The van der Waals surface area contributed by atoms with Crippen LogP contribution in [0.1, 0.15) is 12.7 Å². The van der Waals surface area contributed by atoms with Gasteiger partial charge in [0.2, 0.25) is 0 Å². The van der Waals surface area contributed by atoms with Gasteiger partial charge in [0.15, 0.2) is 5.82 Å². The first-order chi connectivity index (χ1) is 11.7. The molecule has 2 heterocycles. The average Bonchev–Trinajstić information content (AvgIpc) is 2.97. The Labute approximate surface area is 139 Å². The predicted molar refractivity (Wildman–Crippen MR) is 86.5 cm³/mol. The number of aryl methyl sites for hydroxylation is 1. The Hall–Kier alpha value is -2.45. The fourth-order valence-corrected chi connectivity index (χ4v) is 2.39. The number of carbonyl (C=O) groups excluding carboxylic acids is 1. The molecule has 0 aliphatic carbocycles. The van der Waals surface area contributed by atoms with Crippen LogP contribution in [0.15, 0.2) is 28.8 Å². The second-order valence-corrected chi connectivity index (χ2v) is 5.55. The molecular weight excluding hydrogens is 312 g/mol. The molecule has 1 aliphatic rings. The lowest BCUT2D eigenvalue weighted by Crippen LogP contribution is -2.40. The number of nitrogens with zero attached hydrogens (tertiary/aromatic N) is 3. The minimum atomic E-state index is -0.661. The lowest BCUT2D eigenvalue weighted by Gasteiger charge is -2.21. The Kier molecular flexibility index (Phi) is 5.07.